The smallest absolute Gasteiger partial charge is 0.312 e. The Bertz CT molecular complexity index is 784. The molecule has 0 radical (unpaired) electrons. The molecule has 0 aliphatic carbocycles. The zero-order chi connectivity index (χ0) is 17.3. The van der Waals surface area contributed by atoms with Crippen LogP contribution in [0.1, 0.15) is 50.8 Å². The number of amides is 1. The first-order valence-corrected chi connectivity index (χ1v) is 8.89. The molecule has 6 heteroatoms. The van der Waals surface area contributed by atoms with Gasteiger partial charge in [-0.1, -0.05) is 31.2 Å². The number of carboxylic acids is 1. The molecule has 1 aromatic carbocycles. The molecule has 0 bridgehead atoms. The predicted octanol–water partition coefficient (Wildman–Crippen LogP) is 3.23. The molecule has 126 valence electrons. The topological polar surface area (TPSA) is 70.5 Å². The minimum atomic E-state index is -0.896. The number of nitrogens with zero attached hydrogens (tertiary/aromatic N) is 2. The number of carboxylic acid groups (broad SMARTS) is 1. The van der Waals surface area contributed by atoms with Gasteiger partial charge in [-0.05, 0) is 30.9 Å². The van der Waals surface area contributed by atoms with E-state index in [4.69, 9.17) is 0 Å². The normalized spacial score (nSPS) is 16.8. The van der Waals surface area contributed by atoms with Crippen molar-refractivity contribution < 1.29 is 14.7 Å². The van der Waals surface area contributed by atoms with Crippen LogP contribution in [0.2, 0.25) is 0 Å². The number of benzene rings is 1. The molecule has 5 nitrogen and oxygen atoms in total. The van der Waals surface area contributed by atoms with Crippen molar-refractivity contribution in [2.75, 3.05) is 6.54 Å². The van der Waals surface area contributed by atoms with Crippen molar-refractivity contribution in [2.24, 2.45) is 0 Å². The van der Waals surface area contributed by atoms with E-state index >= 15 is 0 Å². The van der Waals surface area contributed by atoms with Crippen molar-refractivity contribution in [3.8, 4) is 0 Å². The minimum absolute atomic E-state index is 0.117. The lowest BCUT2D eigenvalue weighted by molar-refractivity contribution is -0.139. The second-order valence-corrected chi connectivity index (χ2v) is 7.13. The molecule has 2 heterocycles. The van der Waals surface area contributed by atoms with Crippen molar-refractivity contribution >= 4 is 23.2 Å². The summed E-state index contributed by atoms with van der Waals surface area (Å²) in [5, 5.41) is 10.5. The molecule has 1 aromatic heterocycles. The molecule has 1 aliphatic rings. The SMILES string of the molecule is CCCc1nc(C)c(C(=O)N2Cc3ccccc3C(C(=O)O)C2)s1. The number of aromatic nitrogens is 1. The summed E-state index contributed by atoms with van der Waals surface area (Å²) in [6.45, 7) is 4.57. The molecule has 1 unspecified atom stereocenters. The van der Waals surface area contributed by atoms with Gasteiger partial charge >= 0.3 is 5.97 Å². The quantitative estimate of drug-likeness (QED) is 0.924. The molecule has 0 spiro atoms. The molecule has 1 atom stereocenters. The summed E-state index contributed by atoms with van der Waals surface area (Å²) < 4.78 is 0. The lowest BCUT2D eigenvalue weighted by Crippen LogP contribution is -2.40. The third-order valence-corrected chi connectivity index (χ3v) is 5.48. The van der Waals surface area contributed by atoms with Crippen LogP contribution in [0.3, 0.4) is 0 Å². The van der Waals surface area contributed by atoms with Crippen molar-refractivity contribution in [1.82, 2.24) is 9.88 Å². The Balaban J connectivity index is 1.90. The summed E-state index contributed by atoms with van der Waals surface area (Å²) in [6.07, 6.45) is 1.85. The second-order valence-electron chi connectivity index (χ2n) is 6.05. The highest BCUT2D eigenvalue weighted by atomic mass is 32.1. The molecular weight excluding hydrogens is 324 g/mol. The average molecular weight is 344 g/mol. The van der Waals surface area contributed by atoms with Gasteiger partial charge in [0.25, 0.3) is 5.91 Å². The van der Waals surface area contributed by atoms with Gasteiger partial charge in [-0.15, -0.1) is 11.3 Å². The number of hydrogen-bond acceptors (Lipinski definition) is 4. The second kappa shape index (κ2) is 6.73. The van der Waals surface area contributed by atoms with E-state index in [1.807, 2.05) is 31.2 Å². The van der Waals surface area contributed by atoms with Gasteiger partial charge in [-0.3, -0.25) is 9.59 Å². The number of thiazole rings is 1. The number of aryl methyl sites for hydroxylation is 2. The van der Waals surface area contributed by atoms with E-state index in [0.29, 0.717) is 11.4 Å². The Labute approximate surface area is 145 Å². The Morgan fingerprint density at radius 1 is 1.38 bits per heavy atom. The Kier molecular flexibility index (Phi) is 4.66. The zero-order valence-corrected chi connectivity index (χ0v) is 14.6. The molecular formula is C18H20N2O3S. The summed E-state index contributed by atoms with van der Waals surface area (Å²) in [7, 11) is 0. The van der Waals surface area contributed by atoms with Crippen LogP contribution in [-0.2, 0) is 17.8 Å². The maximum Gasteiger partial charge on any atom is 0.312 e. The zero-order valence-electron chi connectivity index (χ0n) is 13.8. The van der Waals surface area contributed by atoms with Gasteiger partial charge in [0.05, 0.1) is 16.6 Å². The molecule has 3 rings (SSSR count). The van der Waals surface area contributed by atoms with E-state index in [2.05, 4.69) is 11.9 Å². The Hall–Kier alpha value is -2.21. The van der Waals surface area contributed by atoms with E-state index in [0.717, 1.165) is 34.7 Å². The van der Waals surface area contributed by atoms with E-state index in [1.165, 1.54) is 11.3 Å². The monoisotopic (exact) mass is 344 g/mol. The molecule has 1 amide bonds. The maximum absolute atomic E-state index is 12.9. The number of fused-ring (bicyclic) bond motifs is 1. The first kappa shape index (κ1) is 16.6. The number of hydrogen-bond donors (Lipinski definition) is 1. The Morgan fingerprint density at radius 2 is 2.12 bits per heavy atom. The third-order valence-electron chi connectivity index (χ3n) is 4.28. The molecule has 0 fully saturated rings. The largest absolute Gasteiger partial charge is 0.481 e. The third kappa shape index (κ3) is 3.06. The number of carbonyl (C=O) groups is 2. The lowest BCUT2D eigenvalue weighted by atomic mass is 9.89. The van der Waals surface area contributed by atoms with Gasteiger partial charge in [0.1, 0.15) is 4.88 Å². The first-order valence-electron chi connectivity index (χ1n) is 8.07. The van der Waals surface area contributed by atoms with Crippen LogP contribution in [0.15, 0.2) is 24.3 Å². The summed E-state index contributed by atoms with van der Waals surface area (Å²) in [5.74, 6) is -1.69. The van der Waals surface area contributed by atoms with E-state index in [9.17, 15) is 14.7 Å². The molecule has 24 heavy (non-hydrogen) atoms. The van der Waals surface area contributed by atoms with E-state index < -0.39 is 11.9 Å². The summed E-state index contributed by atoms with van der Waals surface area (Å²) in [4.78, 5) is 31.3. The van der Waals surface area contributed by atoms with Crippen molar-refractivity contribution in [2.45, 2.75) is 39.2 Å². The maximum atomic E-state index is 12.9. The fourth-order valence-electron chi connectivity index (χ4n) is 3.09. The molecule has 1 aliphatic heterocycles. The van der Waals surface area contributed by atoms with Crippen molar-refractivity contribution in [3.63, 3.8) is 0 Å². The number of rotatable bonds is 4. The van der Waals surface area contributed by atoms with Crippen LogP contribution in [0, 0.1) is 6.92 Å². The standard InChI is InChI=1S/C18H20N2O3S/c1-3-6-15-19-11(2)16(24-15)17(21)20-9-12-7-4-5-8-13(12)14(10-20)18(22)23/h4-5,7-8,14H,3,6,9-10H2,1-2H3,(H,22,23). The van der Waals surface area contributed by atoms with Crippen LogP contribution in [0.25, 0.3) is 0 Å². The Morgan fingerprint density at radius 3 is 2.83 bits per heavy atom. The van der Waals surface area contributed by atoms with Gasteiger partial charge in [-0.2, -0.15) is 0 Å². The average Bonchev–Trinajstić information content (AvgIpc) is 2.93. The lowest BCUT2D eigenvalue weighted by Gasteiger charge is -2.32. The minimum Gasteiger partial charge on any atom is -0.481 e. The first-order chi connectivity index (χ1) is 11.5. The van der Waals surface area contributed by atoms with E-state index in [-0.39, 0.29) is 12.5 Å². The van der Waals surface area contributed by atoms with Crippen LogP contribution in [-0.4, -0.2) is 33.4 Å². The van der Waals surface area contributed by atoms with Gasteiger partial charge < -0.3 is 10.0 Å². The molecule has 2 aromatic rings. The highest BCUT2D eigenvalue weighted by Crippen LogP contribution is 2.31. The van der Waals surface area contributed by atoms with Crippen molar-refractivity contribution in [3.05, 3.63) is 51.0 Å². The van der Waals surface area contributed by atoms with Gasteiger partial charge in [-0.25, -0.2) is 4.98 Å². The summed E-state index contributed by atoms with van der Waals surface area (Å²) in [6, 6.07) is 7.46. The number of carbonyl (C=O) groups excluding carboxylic acids is 1. The van der Waals surface area contributed by atoms with Gasteiger partial charge in [0.15, 0.2) is 0 Å². The highest BCUT2D eigenvalue weighted by Gasteiger charge is 2.33. The van der Waals surface area contributed by atoms with Gasteiger partial charge in [0.2, 0.25) is 0 Å². The number of aliphatic carboxylic acids is 1. The fourth-order valence-corrected chi connectivity index (χ4v) is 4.22. The van der Waals surface area contributed by atoms with Gasteiger partial charge in [0, 0.05) is 13.1 Å². The summed E-state index contributed by atoms with van der Waals surface area (Å²) >= 11 is 1.43. The van der Waals surface area contributed by atoms with Crippen LogP contribution in [0.5, 0.6) is 0 Å². The van der Waals surface area contributed by atoms with Crippen LogP contribution >= 0.6 is 11.3 Å². The molecule has 0 saturated heterocycles. The van der Waals surface area contributed by atoms with Crippen molar-refractivity contribution in [1.29, 1.82) is 0 Å². The van der Waals surface area contributed by atoms with Crippen LogP contribution in [0.4, 0.5) is 0 Å². The predicted molar refractivity (Wildman–Crippen MR) is 92.4 cm³/mol. The molecule has 1 N–H and O–H groups in total. The highest BCUT2D eigenvalue weighted by molar-refractivity contribution is 7.13. The fraction of sp³-hybridized carbons (Fsp3) is 0.389. The summed E-state index contributed by atoms with van der Waals surface area (Å²) in [5.41, 5.74) is 2.45. The van der Waals surface area contributed by atoms with E-state index in [1.54, 1.807) is 4.90 Å². The molecule has 0 saturated carbocycles. The van der Waals surface area contributed by atoms with Crippen LogP contribution < -0.4 is 0 Å².